The highest BCUT2D eigenvalue weighted by atomic mass is 35.5. The molecule has 1 nitrogen and oxygen atoms in total. The Labute approximate surface area is 88.1 Å². The van der Waals surface area contributed by atoms with Crippen LogP contribution in [0.5, 0.6) is 0 Å². The van der Waals surface area contributed by atoms with Crippen molar-refractivity contribution < 1.29 is 0 Å². The molecule has 1 aliphatic rings. The number of hydrogen-bond donors (Lipinski definition) is 1. The highest BCUT2D eigenvalue weighted by Gasteiger charge is 2.13. The van der Waals surface area contributed by atoms with E-state index in [2.05, 4.69) is 11.4 Å². The van der Waals surface area contributed by atoms with Gasteiger partial charge in [0.2, 0.25) is 0 Å². The quantitative estimate of drug-likeness (QED) is 0.800. The number of rotatable bonds is 2. The summed E-state index contributed by atoms with van der Waals surface area (Å²) in [5, 5.41) is 3.43. The van der Waals surface area contributed by atoms with Crippen LogP contribution in [-0.2, 0) is 6.42 Å². The van der Waals surface area contributed by atoms with Gasteiger partial charge in [0.15, 0.2) is 0 Å². The van der Waals surface area contributed by atoms with E-state index in [4.69, 9.17) is 11.6 Å². The molecule has 1 aromatic rings. The van der Waals surface area contributed by atoms with Crippen LogP contribution < -0.4 is 5.32 Å². The molecule has 0 bridgehead atoms. The first-order valence-corrected chi connectivity index (χ1v) is 5.99. The van der Waals surface area contributed by atoms with Gasteiger partial charge in [-0.1, -0.05) is 11.6 Å². The Kier molecular flexibility index (Phi) is 3.25. The van der Waals surface area contributed by atoms with Gasteiger partial charge >= 0.3 is 0 Å². The van der Waals surface area contributed by atoms with Crippen molar-refractivity contribution in [3.63, 3.8) is 0 Å². The standard InChI is InChI=1S/C10H14ClNS/c11-10-4-3-9(13-10)6-8-2-1-5-12-7-8/h3-4,8,12H,1-2,5-7H2. The van der Waals surface area contributed by atoms with Crippen molar-refractivity contribution in [2.24, 2.45) is 5.92 Å². The molecule has 0 amide bonds. The monoisotopic (exact) mass is 215 g/mol. The maximum Gasteiger partial charge on any atom is 0.0931 e. The van der Waals surface area contributed by atoms with Crippen LogP contribution in [0.3, 0.4) is 0 Å². The Hall–Kier alpha value is -0.0500. The molecule has 3 heteroatoms. The van der Waals surface area contributed by atoms with Gasteiger partial charge in [-0.3, -0.25) is 0 Å². The fraction of sp³-hybridized carbons (Fsp3) is 0.600. The Balaban J connectivity index is 1.89. The largest absolute Gasteiger partial charge is 0.316 e. The highest BCUT2D eigenvalue weighted by Crippen LogP contribution is 2.25. The zero-order valence-corrected chi connectivity index (χ0v) is 9.13. The van der Waals surface area contributed by atoms with Gasteiger partial charge in [0.1, 0.15) is 0 Å². The first kappa shape index (κ1) is 9.50. The Morgan fingerprint density at radius 3 is 3.08 bits per heavy atom. The van der Waals surface area contributed by atoms with Crippen LogP contribution in [0, 0.1) is 5.92 Å². The fourth-order valence-electron chi connectivity index (χ4n) is 1.84. The summed E-state index contributed by atoms with van der Waals surface area (Å²) in [4.78, 5) is 1.43. The van der Waals surface area contributed by atoms with Gasteiger partial charge in [-0.15, -0.1) is 11.3 Å². The number of hydrogen-bond acceptors (Lipinski definition) is 2. The molecule has 1 N–H and O–H groups in total. The van der Waals surface area contributed by atoms with E-state index in [1.807, 2.05) is 6.07 Å². The number of nitrogens with one attached hydrogen (secondary N) is 1. The van der Waals surface area contributed by atoms with Crippen molar-refractivity contribution in [3.8, 4) is 0 Å². The third-order valence-corrected chi connectivity index (χ3v) is 3.77. The number of halogens is 1. The van der Waals surface area contributed by atoms with Crippen LogP contribution in [0.25, 0.3) is 0 Å². The van der Waals surface area contributed by atoms with Crippen LogP contribution in [0.1, 0.15) is 17.7 Å². The first-order valence-electron chi connectivity index (χ1n) is 4.79. The summed E-state index contributed by atoms with van der Waals surface area (Å²) in [7, 11) is 0. The average molecular weight is 216 g/mol. The molecule has 0 saturated carbocycles. The summed E-state index contributed by atoms with van der Waals surface area (Å²) < 4.78 is 0.916. The van der Waals surface area contributed by atoms with Crippen LogP contribution in [0.15, 0.2) is 12.1 Å². The molecule has 1 fully saturated rings. The van der Waals surface area contributed by atoms with E-state index in [1.165, 1.54) is 37.2 Å². The van der Waals surface area contributed by atoms with Crippen molar-refractivity contribution in [3.05, 3.63) is 21.3 Å². The Morgan fingerprint density at radius 1 is 1.54 bits per heavy atom. The maximum atomic E-state index is 5.88. The minimum Gasteiger partial charge on any atom is -0.316 e. The molecule has 1 atom stereocenters. The molecule has 1 saturated heterocycles. The summed E-state index contributed by atoms with van der Waals surface area (Å²) in [6.45, 7) is 2.37. The van der Waals surface area contributed by atoms with E-state index in [-0.39, 0.29) is 0 Å². The molecule has 2 rings (SSSR count). The third kappa shape index (κ3) is 2.70. The van der Waals surface area contributed by atoms with E-state index in [0.29, 0.717) is 0 Å². The lowest BCUT2D eigenvalue weighted by molar-refractivity contribution is 0.378. The topological polar surface area (TPSA) is 12.0 Å². The molecule has 0 radical (unpaired) electrons. The molecular weight excluding hydrogens is 202 g/mol. The van der Waals surface area contributed by atoms with Gasteiger partial charge in [-0.25, -0.2) is 0 Å². The fourth-order valence-corrected chi connectivity index (χ4v) is 3.05. The first-order chi connectivity index (χ1) is 6.34. The van der Waals surface area contributed by atoms with Crippen LogP contribution in [0.2, 0.25) is 4.34 Å². The van der Waals surface area contributed by atoms with Crippen molar-refractivity contribution in [2.45, 2.75) is 19.3 Å². The zero-order chi connectivity index (χ0) is 9.10. The molecule has 1 aromatic heterocycles. The maximum absolute atomic E-state index is 5.88. The highest BCUT2D eigenvalue weighted by molar-refractivity contribution is 7.16. The Bertz CT molecular complexity index is 266. The molecule has 2 heterocycles. The predicted molar refractivity (Wildman–Crippen MR) is 58.6 cm³/mol. The second-order valence-electron chi connectivity index (χ2n) is 3.62. The SMILES string of the molecule is Clc1ccc(CC2CCCNC2)s1. The van der Waals surface area contributed by atoms with E-state index < -0.39 is 0 Å². The van der Waals surface area contributed by atoms with Crippen molar-refractivity contribution in [1.29, 1.82) is 0 Å². The molecule has 0 aliphatic carbocycles. The molecule has 13 heavy (non-hydrogen) atoms. The minimum absolute atomic E-state index is 0.823. The van der Waals surface area contributed by atoms with Crippen LogP contribution >= 0.6 is 22.9 Å². The van der Waals surface area contributed by atoms with Gasteiger partial charge in [0.05, 0.1) is 4.34 Å². The van der Waals surface area contributed by atoms with Gasteiger partial charge in [0, 0.05) is 4.88 Å². The third-order valence-electron chi connectivity index (χ3n) is 2.52. The molecule has 1 unspecified atom stereocenters. The summed E-state index contributed by atoms with van der Waals surface area (Å²) >= 11 is 7.60. The molecule has 1 aliphatic heterocycles. The minimum atomic E-state index is 0.823. The molecule has 72 valence electrons. The molecule has 0 aromatic carbocycles. The zero-order valence-electron chi connectivity index (χ0n) is 7.55. The van der Waals surface area contributed by atoms with Crippen molar-refractivity contribution in [2.75, 3.05) is 13.1 Å². The molecule has 0 spiro atoms. The van der Waals surface area contributed by atoms with Crippen LogP contribution in [0.4, 0.5) is 0 Å². The van der Waals surface area contributed by atoms with Gasteiger partial charge < -0.3 is 5.32 Å². The lowest BCUT2D eigenvalue weighted by Gasteiger charge is -2.21. The summed E-state index contributed by atoms with van der Waals surface area (Å²) in [6.07, 6.45) is 3.89. The normalized spacial score (nSPS) is 23.3. The summed E-state index contributed by atoms with van der Waals surface area (Å²) in [5.41, 5.74) is 0. The summed E-state index contributed by atoms with van der Waals surface area (Å²) in [6, 6.07) is 4.15. The predicted octanol–water partition coefficient (Wildman–Crippen LogP) is 2.94. The number of thiophene rings is 1. The lowest BCUT2D eigenvalue weighted by Crippen LogP contribution is -2.30. The second-order valence-corrected chi connectivity index (χ2v) is 5.42. The average Bonchev–Trinajstić information content (AvgIpc) is 2.53. The van der Waals surface area contributed by atoms with Crippen LogP contribution in [-0.4, -0.2) is 13.1 Å². The lowest BCUT2D eigenvalue weighted by atomic mass is 9.96. The summed E-state index contributed by atoms with van der Waals surface area (Å²) in [5.74, 6) is 0.823. The van der Waals surface area contributed by atoms with Crippen molar-refractivity contribution in [1.82, 2.24) is 5.32 Å². The van der Waals surface area contributed by atoms with Gasteiger partial charge in [-0.2, -0.15) is 0 Å². The Morgan fingerprint density at radius 2 is 2.46 bits per heavy atom. The smallest absolute Gasteiger partial charge is 0.0931 e. The van der Waals surface area contributed by atoms with Gasteiger partial charge in [0.25, 0.3) is 0 Å². The van der Waals surface area contributed by atoms with E-state index in [9.17, 15) is 0 Å². The second kappa shape index (κ2) is 4.45. The van der Waals surface area contributed by atoms with Crippen molar-refractivity contribution >= 4 is 22.9 Å². The number of piperidine rings is 1. The molecular formula is C10H14ClNS. The van der Waals surface area contributed by atoms with Gasteiger partial charge in [-0.05, 0) is 50.4 Å². The van der Waals surface area contributed by atoms with E-state index in [0.717, 1.165) is 10.3 Å². The van der Waals surface area contributed by atoms with E-state index in [1.54, 1.807) is 11.3 Å². The van der Waals surface area contributed by atoms with E-state index >= 15 is 0 Å².